The molecule has 0 aliphatic heterocycles. The van der Waals surface area contributed by atoms with Crippen molar-refractivity contribution in [1.82, 2.24) is 5.32 Å². The van der Waals surface area contributed by atoms with Crippen LogP contribution in [0.2, 0.25) is 0 Å². The molecule has 0 fully saturated rings. The van der Waals surface area contributed by atoms with Crippen molar-refractivity contribution in [2.45, 2.75) is 38.0 Å². The Morgan fingerprint density at radius 2 is 1.83 bits per heavy atom. The van der Waals surface area contributed by atoms with Crippen LogP contribution in [0.25, 0.3) is 0 Å². The number of alkyl halides is 3. The van der Waals surface area contributed by atoms with Crippen LogP contribution in [-0.4, -0.2) is 34.2 Å². The fraction of sp³-hybridized carbons (Fsp3) is 0.467. The Bertz CT molecular complexity index is 584. The van der Waals surface area contributed by atoms with Gasteiger partial charge in [-0.05, 0) is 24.5 Å². The Labute approximate surface area is 131 Å². The van der Waals surface area contributed by atoms with Crippen LogP contribution in [-0.2, 0) is 15.8 Å². The number of aliphatic hydroxyl groups is 1. The molecule has 1 aromatic rings. The molecule has 3 N–H and O–H groups in total. The second kappa shape index (κ2) is 6.99. The molecule has 0 bridgehead atoms. The summed E-state index contributed by atoms with van der Waals surface area (Å²) in [7, 11) is 0. The van der Waals surface area contributed by atoms with Gasteiger partial charge in [-0.1, -0.05) is 25.1 Å². The highest BCUT2D eigenvalue weighted by Gasteiger charge is 2.35. The highest BCUT2D eigenvalue weighted by atomic mass is 19.4. The number of hydrogen-bond acceptors (Lipinski definition) is 3. The van der Waals surface area contributed by atoms with Gasteiger partial charge in [0.25, 0.3) is 0 Å². The highest BCUT2D eigenvalue weighted by Crippen LogP contribution is 2.35. The van der Waals surface area contributed by atoms with Crippen LogP contribution >= 0.6 is 0 Å². The van der Waals surface area contributed by atoms with Crippen molar-refractivity contribution >= 4 is 11.9 Å². The third kappa shape index (κ3) is 5.24. The maximum atomic E-state index is 12.9. The molecule has 0 spiro atoms. The molecule has 1 rings (SSSR count). The van der Waals surface area contributed by atoms with Crippen LogP contribution in [0.5, 0.6) is 0 Å². The number of aliphatic carboxylic acids is 1. The minimum atomic E-state index is -4.52. The molecule has 1 aromatic carbocycles. The second-order valence-corrected chi connectivity index (χ2v) is 5.55. The standard InChI is InChI=1S/C15H18F3NO4/c1-9(7-12(20)19-8-14(2,23)13(21)22)10-5-3-4-6-11(10)15(16,17)18/h3-6,9,23H,7-8H2,1-2H3,(H,19,20)(H,21,22). The number of rotatable bonds is 6. The molecule has 8 heteroatoms. The highest BCUT2D eigenvalue weighted by molar-refractivity contribution is 5.80. The minimum Gasteiger partial charge on any atom is -0.479 e. The van der Waals surface area contributed by atoms with E-state index in [4.69, 9.17) is 5.11 Å². The lowest BCUT2D eigenvalue weighted by Gasteiger charge is -2.20. The van der Waals surface area contributed by atoms with Crippen LogP contribution in [0.1, 0.15) is 37.3 Å². The van der Waals surface area contributed by atoms with Gasteiger partial charge in [-0.25, -0.2) is 4.79 Å². The van der Waals surface area contributed by atoms with Crippen molar-refractivity contribution in [2.75, 3.05) is 6.54 Å². The molecule has 2 unspecified atom stereocenters. The third-order valence-corrected chi connectivity index (χ3v) is 3.38. The summed E-state index contributed by atoms with van der Waals surface area (Å²) in [6, 6.07) is 4.96. The van der Waals surface area contributed by atoms with Crippen LogP contribution in [0, 0.1) is 0 Å². The van der Waals surface area contributed by atoms with E-state index in [0.717, 1.165) is 13.0 Å². The van der Waals surface area contributed by atoms with E-state index in [9.17, 15) is 27.9 Å². The summed E-state index contributed by atoms with van der Waals surface area (Å²) in [6.45, 7) is 1.95. The Kier molecular flexibility index (Phi) is 5.76. The summed E-state index contributed by atoms with van der Waals surface area (Å²) in [6.07, 6.45) is -4.78. The Morgan fingerprint density at radius 3 is 2.35 bits per heavy atom. The molecule has 0 aliphatic carbocycles. The molecule has 0 saturated carbocycles. The lowest BCUT2D eigenvalue weighted by atomic mass is 9.92. The molecule has 0 radical (unpaired) electrons. The SMILES string of the molecule is CC(CC(=O)NCC(C)(O)C(=O)O)c1ccccc1C(F)(F)F. The van der Waals surface area contributed by atoms with Crippen molar-refractivity contribution in [3.8, 4) is 0 Å². The number of benzene rings is 1. The predicted octanol–water partition coefficient (Wildman–Crippen LogP) is 2.15. The van der Waals surface area contributed by atoms with Crippen LogP contribution in [0.4, 0.5) is 13.2 Å². The first-order valence-corrected chi connectivity index (χ1v) is 6.83. The molecule has 128 valence electrons. The number of carboxylic acid groups (broad SMARTS) is 1. The third-order valence-electron chi connectivity index (χ3n) is 3.38. The zero-order chi connectivity index (χ0) is 17.8. The Balaban J connectivity index is 2.76. The first-order chi connectivity index (χ1) is 10.4. The monoisotopic (exact) mass is 333 g/mol. The van der Waals surface area contributed by atoms with E-state index >= 15 is 0 Å². The quantitative estimate of drug-likeness (QED) is 0.744. The number of amides is 1. The zero-order valence-corrected chi connectivity index (χ0v) is 12.6. The topological polar surface area (TPSA) is 86.6 Å². The van der Waals surface area contributed by atoms with Gasteiger partial charge in [-0.15, -0.1) is 0 Å². The average Bonchev–Trinajstić information content (AvgIpc) is 2.44. The number of carbonyl (C=O) groups excluding carboxylic acids is 1. The number of carboxylic acids is 1. The molecule has 2 atom stereocenters. The van der Waals surface area contributed by atoms with Gasteiger partial charge in [0.2, 0.25) is 5.91 Å². The minimum absolute atomic E-state index is 0.0138. The number of nitrogens with one attached hydrogen (secondary N) is 1. The first-order valence-electron chi connectivity index (χ1n) is 6.83. The second-order valence-electron chi connectivity index (χ2n) is 5.55. The van der Waals surface area contributed by atoms with Crippen molar-refractivity contribution in [2.24, 2.45) is 0 Å². The first kappa shape index (κ1) is 19.0. The lowest BCUT2D eigenvalue weighted by molar-refractivity contribution is -0.156. The molecule has 23 heavy (non-hydrogen) atoms. The summed E-state index contributed by atoms with van der Waals surface area (Å²) in [5.41, 5.74) is -2.96. The Hall–Kier alpha value is -2.09. The molecule has 0 aromatic heterocycles. The zero-order valence-electron chi connectivity index (χ0n) is 12.6. The van der Waals surface area contributed by atoms with Crippen LogP contribution < -0.4 is 5.32 Å². The van der Waals surface area contributed by atoms with Gasteiger partial charge in [-0.2, -0.15) is 13.2 Å². The van der Waals surface area contributed by atoms with Gasteiger partial charge in [0.1, 0.15) is 0 Å². The molecule has 0 saturated heterocycles. The van der Waals surface area contributed by atoms with Gasteiger partial charge < -0.3 is 15.5 Å². The number of hydrogen-bond donors (Lipinski definition) is 3. The van der Waals surface area contributed by atoms with Crippen LogP contribution in [0.15, 0.2) is 24.3 Å². The summed E-state index contributed by atoms with van der Waals surface area (Å²) < 4.78 is 38.8. The van der Waals surface area contributed by atoms with Crippen molar-refractivity contribution in [3.05, 3.63) is 35.4 Å². The van der Waals surface area contributed by atoms with Gasteiger partial charge in [0.15, 0.2) is 5.60 Å². The fourth-order valence-electron chi connectivity index (χ4n) is 1.99. The van der Waals surface area contributed by atoms with Gasteiger partial charge in [-0.3, -0.25) is 4.79 Å². The van der Waals surface area contributed by atoms with Crippen molar-refractivity contribution < 1.29 is 33.0 Å². The summed E-state index contributed by atoms with van der Waals surface area (Å²) in [4.78, 5) is 22.5. The normalized spacial score (nSPS) is 15.6. The molecular weight excluding hydrogens is 315 g/mol. The van der Waals surface area contributed by atoms with E-state index in [1.807, 2.05) is 0 Å². The lowest BCUT2D eigenvalue weighted by Crippen LogP contribution is -2.46. The van der Waals surface area contributed by atoms with Crippen molar-refractivity contribution in [3.63, 3.8) is 0 Å². The number of halogens is 3. The van der Waals surface area contributed by atoms with Gasteiger partial charge in [0.05, 0.1) is 12.1 Å². The maximum absolute atomic E-state index is 12.9. The predicted molar refractivity (Wildman–Crippen MR) is 75.7 cm³/mol. The van der Waals surface area contributed by atoms with E-state index in [0.29, 0.717) is 0 Å². The van der Waals surface area contributed by atoms with E-state index in [-0.39, 0.29) is 12.0 Å². The molecule has 1 amide bonds. The maximum Gasteiger partial charge on any atom is 0.416 e. The molecule has 0 heterocycles. The average molecular weight is 333 g/mol. The van der Waals surface area contributed by atoms with E-state index in [1.54, 1.807) is 0 Å². The molecule has 5 nitrogen and oxygen atoms in total. The van der Waals surface area contributed by atoms with E-state index in [2.05, 4.69) is 5.32 Å². The Morgan fingerprint density at radius 1 is 1.26 bits per heavy atom. The summed E-state index contributed by atoms with van der Waals surface area (Å²) in [5.74, 6) is -2.87. The van der Waals surface area contributed by atoms with E-state index < -0.39 is 41.7 Å². The van der Waals surface area contributed by atoms with Crippen LogP contribution in [0.3, 0.4) is 0 Å². The fourth-order valence-corrected chi connectivity index (χ4v) is 1.99. The van der Waals surface area contributed by atoms with Gasteiger partial charge >= 0.3 is 12.1 Å². The van der Waals surface area contributed by atoms with Crippen molar-refractivity contribution in [1.29, 1.82) is 0 Å². The summed E-state index contributed by atoms with van der Waals surface area (Å²) in [5, 5.41) is 20.4. The smallest absolute Gasteiger partial charge is 0.416 e. The summed E-state index contributed by atoms with van der Waals surface area (Å²) >= 11 is 0. The number of carbonyl (C=O) groups is 2. The molecule has 0 aliphatic rings. The largest absolute Gasteiger partial charge is 0.479 e. The molecular formula is C15H18F3NO4. The van der Waals surface area contributed by atoms with Gasteiger partial charge in [0, 0.05) is 6.42 Å². The van der Waals surface area contributed by atoms with E-state index in [1.165, 1.54) is 25.1 Å².